The van der Waals surface area contributed by atoms with Crippen LogP contribution in [0.5, 0.6) is 0 Å². The molecule has 0 unspecified atom stereocenters. The summed E-state index contributed by atoms with van der Waals surface area (Å²) in [5, 5.41) is 0. The van der Waals surface area contributed by atoms with E-state index in [1.54, 1.807) is 4.90 Å². The van der Waals surface area contributed by atoms with Crippen LogP contribution in [-0.4, -0.2) is 55.9 Å². The predicted molar refractivity (Wildman–Crippen MR) is 62.4 cm³/mol. The van der Waals surface area contributed by atoms with E-state index in [-0.39, 0.29) is 22.4 Å². The first-order valence-electron chi connectivity index (χ1n) is 5.10. The largest absolute Gasteiger partial charge is 0.870 e. The number of carbonyl (C=O) groups is 1. The Labute approximate surface area is 106 Å². The van der Waals surface area contributed by atoms with Gasteiger partial charge in [0, 0.05) is 0 Å². The van der Waals surface area contributed by atoms with Gasteiger partial charge in [0.2, 0.25) is 0 Å². The van der Waals surface area contributed by atoms with Gasteiger partial charge in [-0.3, -0.25) is 0 Å². The molecule has 1 saturated heterocycles. The molecule has 1 aliphatic heterocycles. The number of hydrogen-bond acceptors (Lipinski definition) is 4. The van der Waals surface area contributed by atoms with Crippen molar-refractivity contribution in [1.82, 2.24) is 4.90 Å². The van der Waals surface area contributed by atoms with Crippen molar-refractivity contribution in [2.75, 3.05) is 26.3 Å². The van der Waals surface area contributed by atoms with Crippen molar-refractivity contribution in [3.63, 3.8) is 0 Å². The minimum Gasteiger partial charge on any atom is -0.870 e. The third-order valence-electron chi connectivity index (χ3n) is 2.52. The third-order valence-corrected chi connectivity index (χ3v) is 2.52. The zero-order chi connectivity index (χ0) is 11.5. The van der Waals surface area contributed by atoms with Crippen LogP contribution >= 0.6 is 0 Å². The predicted octanol–water partition coefficient (Wildman–Crippen LogP) is -0.262. The summed E-state index contributed by atoms with van der Waals surface area (Å²) >= 11 is 0. The van der Waals surface area contributed by atoms with E-state index in [0.29, 0.717) is 31.8 Å². The second-order valence-electron chi connectivity index (χ2n) is 3.64. The van der Waals surface area contributed by atoms with Crippen molar-refractivity contribution in [2.24, 2.45) is 0 Å². The molecule has 0 aromatic heterocycles. The van der Waals surface area contributed by atoms with E-state index < -0.39 is 5.82 Å². The molecule has 2 N–H and O–H groups in total. The number of ether oxygens (including phenoxy) is 1. The van der Waals surface area contributed by atoms with Gasteiger partial charge in [-0.2, -0.15) is 0 Å². The Morgan fingerprint density at radius 3 is 2.44 bits per heavy atom. The number of rotatable bonds is 1. The van der Waals surface area contributed by atoms with Crippen molar-refractivity contribution < 1.29 is 24.9 Å². The number of morpholine rings is 1. The Kier molecular flexibility index (Phi) is 6.53. The fourth-order valence-electron chi connectivity index (χ4n) is 1.64. The van der Waals surface area contributed by atoms with Gasteiger partial charge in [0.05, 0.1) is 0 Å². The molecular formula is C11H13BFNO4. The zero-order valence-corrected chi connectivity index (χ0v) is 9.67. The van der Waals surface area contributed by atoms with Crippen LogP contribution in [0.3, 0.4) is 0 Å². The standard InChI is InChI=1S/C11H11BFNO2.2H2O/c12-8-1-2-9(10(13)7-8)11(15)14-3-5-16-6-4-14;;/h1-2,7H,3-6H2;2*1H2/q+2;;/p-2. The van der Waals surface area contributed by atoms with Crippen molar-refractivity contribution in [3.05, 3.63) is 29.6 Å². The summed E-state index contributed by atoms with van der Waals surface area (Å²) in [6.45, 7) is 2.01. The molecule has 1 amide bonds. The first kappa shape index (κ1) is 16.6. The fourth-order valence-corrected chi connectivity index (χ4v) is 1.64. The van der Waals surface area contributed by atoms with Crippen molar-refractivity contribution in [1.29, 1.82) is 0 Å². The monoisotopic (exact) mass is 253 g/mol. The summed E-state index contributed by atoms with van der Waals surface area (Å²) < 4.78 is 18.6. The molecule has 18 heavy (non-hydrogen) atoms. The molecule has 1 aliphatic rings. The van der Waals surface area contributed by atoms with E-state index in [4.69, 9.17) is 12.6 Å². The van der Waals surface area contributed by atoms with Gasteiger partial charge < -0.3 is 11.0 Å². The number of halogens is 1. The second kappa shape index (κ2) is 7.10. The maximum absolute atomic E-state index is 13.5. The van der Waals surface area contributed by atoms with E-state index in [2.05, 4.69) is 0 Å². The second-order valence-corrected chi connectivity index (χ2v) is 3.64. The van der Waals surface area contributed by atoms with E-state index >= 15 is 0 Å². The van der Waals surface area contributed by atoms with Gasteiger partial charge >= 0.3 is 93.9 Å². The van der Waals surface area contributed by atoms with E-state index in [9.17, 15) is 9.18 Å². The molecule has 1 fully saturated rings. The molecule has 0 radical (unpaired) electrons. The molecule has 2 rings (SSSR count). The number of hydrogen-bond donors (Lipinski definition) is 0. The molecule has 0 bridgehead atoms. The van der Waals surface area contributed by atoms with Gasteiger partial charge in [0.15, 0.2) is 0 Å². The minimum atomic E-state index is -0.573. The molecular weight excluding hydrogens is 240 g/mol. The zero-order valence-electron chi connectivity index (χ0n) is 9.67. The smallest absolute Gasteiger partial charge is 0.870 e. The van der Waals surface area contributed by atoms with Crippen LogP contribution in [0.1, 0.15) is 10.4 Å². The molecule has 0 saturated carbocycles. The quantitative estimate of drug-likeness (QED) is 0.644. The average Bonchev–Trinajstić information content (AvgIpc) is 2.29. The number of carbonyl (C=O) groups excluding carboxylic acids is 1. The Balaban J connectivity index is 0.00000144. The molecule has 96 valence electrons. The molecule has 1 aromatic rings. The summed E-state index contributed by atoms with van der Waals surface area (Å²) in [6.07, 6.45) is 0. The molecule has 1 aromatic carbocycles. The van der Waals surface area contributed by atoms with E-state index in [0.717, 1.165) is 6.07 Å². The summed E-state index contributed by atoms with van der Waals surface area (Å²) in [5.41, 5.74) is 0.382. The van der Waals surface area contributed by atoms with Crippen molar-refractivity contribution >= 4 is 19.2 Å². The van der Waals surface area contributed by atoms with Crippen LogP contribution in [0, 0.1) is 5.82 Å². The van der Waals surface area contributed by atoms with Gasteiger partial charge in [-0.15, -0.1) is 0 Å². The average molecular weight is 253 g/mol. The first-order valence-corrected chi connectivity index (χ1v) is 5.10. The van der Waals surface area contributed by atoms with Crippen molar-refractivity contribution in [2.45, 2.75) is 0 Å². The summed E-state index contributed by atoms with van der Waals surface area (Å²) in [6, 6.07) is 4.10. The number of nitrogens with zero attached hydrogens (tertiary/aromatic N) is 1. The summed E-state index contributed by atoms with van der Waals surface area (Å²) in [5.74, 6) is -0.878. The molecule has 0 aliphatic carbocycles. The Bertz CT molecular complexity index is 410. The molecule has 5 nitrogen and oxygen atoms in total. The number of benzene rings is 1. The first-order chi connectivity index (χ1) is 7.68. The third kappa shape index (κ3) is 3.53. The van der Waals surface area contributed by atoms with Crippen LogP contribution in [0.2, 0.25) is 0 Å². The van der Waals surface area contributed by atoms with Crippen LogP contribution in [-0.2, 0) is 4.74 Å². The van der Waals surface area contributed by atoms with Gasteiger partial charge in [-0.05, 0) is 0 Å². The van der Waals surface area contributed by atoms with Gasteiger partial charge in [0.1, 0.15) is 0 Å². The SMILES string of the molecule is [B+2]c1ccc(C(=O)N2CCOCC2)c(F)c1.[OH-].[OH-]. The Morgan fingerprint density at radius 1 is 1.28 bits per heavy atom. The maximum Gasteiger partial charge on any atom is -0.870 e. The van der Waals surface area contributed by atoms with Crippen LogP contribution < -0.4 is 5.46 Å². The van der Waals surface area contributed by atoms with Crippen molar-refractivity contribution in [3.8, 4) is 0 Å². The van der Waals surface area contributed by atoms with Crippen LogP contribution in [0.15, 0.2) is 18.2 Å². The van der Waals surface area contributed by atoms with Gasteiger partial charge in [-0.1, -0.05) is 0 Å². The van der Waals surface area contributed by atoms with E-state index in [1.807, 2.05) is 0 Å². The van der Waals surface area contributed by atoms with Crippen LogP contribution in [0.25, 0.3) is 0 Å². The van der Waals surface area contributed by atoms with E-state index in [1.165, 1.54) is 12.1 Å². The topological polar surface area (TPSA) is 89.5 Å². The van der Waals surface area contributed by atoms with Gasteiger partial charge in [-0.25, -0.2) is 0 Å². The molecule has 1 heterocycles. The fraction of sp³-hybridized carbons (Fsp3) is 0.364. The minimum absolute atomic E-state index is 0. The molecule has 0 spiro atoms. The maximum atomic E-state index is 13.5. The normalized spacial score (nSPS) is 14.5. The van der Waals surface area contributed by atoms with Gasteiger partial charge in [0.25, 0.3) is 0 Å². The number of amides is 1. The molecule has 7 heteroatoms. The summed E-state index contributed by atoms with van der Waals surface area (Å²) in [4.78, 5) is 13.5. The Hall–Kier alpha value is -1.44. The summed E-state index contributed by atoms with van der Waals surface area (Å²) in [7, 11) is 5.42. The van der Waals surface area contributed by atoms with Crippen LogP contribution in [0.4, 0.5) is 4.39 Å². The Morgan fingerprint density at radius 2 is 1.89 bits per heavy atom. The molecule has 0 atom stereocenters.